The fourth-order valence-corrected chi connectivity index (χ4v) is 8.42. The number of phenols is 1. The first-order chi connectivity index (χ1) is 26.7. The molecule has 4 aliphatic rings. The second-order valence-electron chi connectivity index (χ2n) is 14.9. The van der Waals surface area contributed by atoms with Crippen LogP contribution in [-0.2, 0) is 19.1 Å². The number of carbonyl (C=O) groups is 3. The minimum Gasteiger partial charge on any atom is -0.508 e. The van der Waals surface area contributed by atoms with Crippen molar-refractivity contribution in [1.29, 1.82) is 0 Å². The highest BCUT2D eigenvalue weighted by molar-refractivity contribution is 6.24. The number of azo groups is 1. The number of Topliss-reactive ketones (excluding diaryl/α,β-unsaturated/α-hetero) is 2. The SMILES string of the molecule is CCCCOc1cc(N2CCOCC2)c(OCCCC)cc1N=Nc1ccc(O)c2c1C(C)[C@@H]1C(=C2O)C(=O)[C@]2(O)C(O)=C(C(N)=O)C(=O)[C@@H](N(C)C)[C@@H]2[C@H]1O. The van der Waals surface area contributed by atoms with E-state index in [-0.39, 0.29) is 16.8 Å². The molecule has 2 aromatic carbocycles. The zero-order chi connectivity index (χ0) is 40.6. The Labute approximate surface area is 324 Å². The molecule has 0 radical (unpaired) electrons. The number of aromatic hydroxyl groups is 1. The molecule has 1 aliphatic heterocycles. The summed E-state index contributed by atoms with van der Waals surface area (Å²) >= 11 is 0. The van der Waals surface area contributed by atoms with E-state index in [0.29, 0.717) is 56.7 Å². The highest BCUT2D eigenvalue weighted by Crippen LogP contribution is 2.57. The van der Waals surface area contributed by atoms with Crippen LogP contribution >= 0.6 is 0 Å². The molecule has 1 saturated heterocycles. The van der Waals surface area contributed by atoms with E-state index in [0.717, 1.165) is 31.4 Å². The highest BCUT2D eigenvalue weighted by Gasteiger charge is 2.68. The number of anilines is 1. The third-order valence-corrected chi connectivity index (χ3v) is 11.3. The van der Waals surface area contributed by atoms with Gasteiger partial charge in [-0.25, -0.2) is 0 Å². The number of fused-ring (bicyclic) bond motifs is 3. The summed E-state index contributed by atoms with van der Waals surface area (Å²) in [4.78, 5) is 43.8. The van der Waals surface area contributed by atoms with Crippen LogP contribution in [0.2, 0.25) is 0 Å². The van der Waals surface area contributed by atoms with Gasteiger partial charge in [-0.3, -0.25) is 19.3 Å². The summed E-state index contributed by atoms with van der Waals surface area (Å²) in [6, 6.07) is 4.93. The molecule has 7 N–H and O–H groups in total. The van der Waals surface area contributed by atoms with Crippen molar-refractivity contribution in [2.24, 2.45) is 27.8 Å². The normalized spacial score (nSPS) is 26.4. The summed E-state index contributed by atoms with van der Waals surface area (Å²) in [7, 11) is 2.90. The first-order valence-corrected chi connectivity index (χ1v) is 19.1. The van der Waals surface area contributed by atoms with E-state index in [9.17, 15) is 39.9 Å². The van der Waals surface area contributed by atoms with Crippen molar-refractivity contribution in [2.45, 2.75) is 70.1 Å². The van der Waals surface area contributed by atoms with Crippen molar-refractivity contribution < 1.29 is 54.1 Å². The fourth-order valence-electron chi connectivity index (χ4n) is 8.42. The molecule has 0 spiro atoms. The van der Waals surface area contributed by atoms with Gasteiger partial charge in [0.15, 0.2) is 11.4 Å². The second-order valence-corrected chi connectivity index (χ2v) is 14.9. The molecule has 6 rings (SSSR count). The number of primary amides is 1. The molecule has 16 heteroatoms. The van der Waals surface area contributed by atoms with E-state index in [1.165, 1.54) is 31.1 Å². The zero-order valence-corrected chi connectivity index (χ0v) is 32.3. The van der Waals surface area contributed by atoms with Crippen LogP contribution in [0.1, 0.15) is 63.5 Å². The number of nitrogens with two attached hydrogens (primary N) is 1. The number of carbonyl (C=O) groups excluding carboxylic acids is 3. The summed E-state index contributed by atoms with van der Waals surface area (Å²) in [6.45, 7) is 9.13. The van der Waals surface area contributed by atoms with Gasteiger partial charge in [-0.1, -0.05) is 33.6 Å². The molecule has 0 bridgehead atoms. The Kier molecular flexibility index (Phi) is 11.8. The van der Waals surface area contributed by atoms with Crippen LogP contribution in [0.3, 0.4) is 0 Å². The highest BCUT2D eigenvalue weighted by atomic mass is 16.5. The van der Waals surface area contributed by atoms with Crippen molar-refractivity contribution in [2.75, 3.05) is 58.5 Å². The van der Waals surface area contributed by atoms with Gasteiger partial charge in [0.1, 0.15) is 40.0 Å². The van der Waals surface area contributed by atoms with E-state index in [4.69, 9.17) is 19.9 Å². The Bertz CT molecular complexity index is 1990. The van der Waals surface area contributed by atoms with Crippen LogP contribution in [-0.4, -0.2) is 119 Å². The van der Waals surface area contributed by atoms with Gasteiger partial charge in [0.2, 0.25) is 5.78 Å². The van der Waals surface area contributed by atoms with Gasteiger partial charge < -0.3 is 50.4 Å². The number of amides is 1. The van der Waals surface area contributed by atoms with Crippen molar-refractivity contribution in [3.8, 4) is 17.2 Å². The number of hydrogen-bond acceptors (Lipinski definition) is 15. The van der Waals surface area contributed by atoms with Crippen LogP contribution < -0.4 is 20.1 Å². The Morgan fingerprint density at radius 1 is 1.00 bits per heavy atom. The van der Waals surface area contributed by atoms with Crippen molar-refractivity contribution >= 4 is 40.3 Å². The molecule has 302 valence electrons. The molecule has 1 heterocycles. The van der Waals surface area contributed by atoms with Crippen molar-refractivity contribution in [1.82, 2.24) is 4.90 Å². The summed E-state index contributed by atoms with van der Waals surface area (Å²) in [5, 5.41) is 67.4. The maximum atomic E-state index is 14.4. The lowest BCUT2D eigenvalue weighted by Crippen LogP contribution is -2.70. The molecular weight excluding hydrogens is 726 g/mol. The van der Waals surface area contributed by atoms with Gasteiger partial charge in [0.05, 0.1) is 61.4 Å². The zero-order valence-electron chi connectivity index (χ0n) is 32.3. The first-order valence-electron chi connectivity index (χ1n) is 19.1. The number of likely N-dealkylation sites (N-methyl/N-ethyl adjacent to an activating group) is 1. The topological polar surface area (TPSA) is 237 Å². The summed E-state index contributed by atoms with van der Waals surface area (Å²) < 4.78 is 18.1. The van der Waals surface area contributed by atoms with Crippen LogP contribution in [0, 0.1) is 11.8 Å². The minimum absolute atomic E-state index is 0.184. The summed E-state index contributed by atoms with van der Waals surface area (Å²) in [6.07, 6.45) is 1.72. The van der Waals surface area contributed by atoms with Gasteiger partial charge in [0, 0.05) is 36.7 Å². The summed E-state index contributed by atoms with van der Waals surface area (Å²) in [5.41, 5.74) is 2.35. The van der Waals surface area contributed by atoms with Crippen LogP contribution in [0.5, 0.6) is 17.2 Å². The average molecular weight is 778 g/mol. The van der Waals surface area contributed by atoms with Crippen LogP contribution in [0.15, 0.2) is 51.4 Å². The molecule has 16 nitrogen and oxygen atoms in total. The lowest BCUT2D eigenvalue weighted by molar-refractivity contribution is -0.169. The first kappa shape index (κ1) is 40.6. The van der Waals surface area contributed by atoms with Gasteiger partial charge in [-0.2, -0.15) is 5.11 Å². The van der Waals surface area contributed by atoms with Gasteiger partial charge >= 0.3 is 0 Å². The third kappa shape index (κ3) is 6.77. The Balaban J connectivity index is 1.49. The number of hydrogen-bond donors (Lipinski definition) is 6. The number of morpholine rings is 1. The lowest BCUT2D eigenvalue weighted by atomic mass is 9.54. The van der Waals surface area contributed by atoms with Gasteiger partial charge in [-0.15, -0.1) is 5.11 Å². The van der Waals surface area contributed by atoms with E-state index >= 15 is 0 Å². The largest absolute Gasteiger partial charge is 0.508 e. The predicted octanol–water partition coefficient (Wildman–Crippen LogP) is 4.11. The molecule has 1 saturated carbocycles. The number of ketones is 2. The lowest BCUT2D eigenvalue weighted by Gasteiger charge is -2.53. The predicted molar refractivity (Wildman–Crippen MR) is 205 cm³/mol. The van der Waals surface area contributed by atoms with Crippen LogP contribution in [0.4, 0.5) is 17.1 Å². The molecule has 2 fully saturated rings. The Morgan fingerprint density at radius 3 is 2.23 bits per heavy atom. The number of ether oxygens (including phenoxy) is 3. The Hall–Kier alpha value is -5.03. The molecule has 1 amide bonds. The molecule has 0 aromatic heterocycles. The second kappa shape index (κ2) is 16.2. The van der Waals surface area contributed by atoms with E-state index in [2.05, 4.69) is 29.0 Å². The van der Waals surface area contributed by atoms with Crippen molar-refractivity contribution in [3.63, 3.8) is 0 Å². The van der Waals surface area contributed by atoms with Crippen molar-refractivity contribution in [3.05, 3.63) is 52.3 Å². The standard InChI is InChI=1S/C40H51N5O11/c1-6-8-14-55-25-19-23(45-12-16-54-17-13-45)26(56-15-9-7-2)18-22(25)43-42-21-10-11-24(46)29-27(21)20(3)28-30(34(29)47)37(50)40(53)32(35(28)48)33(44(4)5)36(49)31(38(40)51)39(41)52/h10-11,18-20,28,32-33,35,46-48,51,53H,6-9,12-17H2,1-5H3,(H2,41,52)/t20?,28-,32-,33+,35+,40+/m1/s1. The minimum atomic E-state index is -3.02. The molecule has 56 heavy (non-hydrogen) atoms. The maximum Gasteiger partial charge on any atom is 0.255 e. The number of phenolic OH excluding ortho intramolecular Hbond substituents is 1. The monoisotopic (exact) mass is 777 g/mol. The van der Waals surface area contributed by atoms with Gasteiger partial charge in [-0.05, 0) is 50.6 Å². The average Bonchev–Trinajstić information content (AvgIpc) is 3.16. The van der Waals surface area contributed by atoms with E-state index < -0.39 is 81.4 Å². The molecular formula is C40H51N5O11. The number of nitrogens with zero attached hydrogens (tertiary/aromatic N) is 4. The quantitative estimate of drug-likeness (QED) is 0.0956. The smallest absolute Gasteiger partial charge is 0.255 e. The maximum absolute atomic E-state index is 14.4. The molecule has 1 unspecified atom stereocenters. The number of unbranched alkanes of at least 4 members (excludes halogenated alkanes) is 2. The summed E-state index contributed by atoms with van der Waals surface area (Å²) in [5.74, 6) is -8.91. The van der Waals surface area contributed by atoms with Gasteiger partial charge in [0.25, 0.3) is 5.91 Å². The van der Waals surface area contributed by atoms with E-state index in [1.807, 2.05) is 6.07 Å². The third-order valence-electron chi connectivity index (χ3n) is 11.3. The number of rotatable bonds is 13. The number of aliphatic hydroxyl groups is 4. The van der Waals surface area contributed by atoms with E-state index in [1.54, 1.807) is 13.0 Å². The Morgan fingerprint density at radius 2 is 1.62 bits per heavy atom. The molecule has 6 atom stereocenters. The number of aliphatic hydroxyl groups excluding tert-OH is 3. The fraction of sp³-hybridized carbons (Fsp3) is 0.525. The molecule has 3 aliphatic carbocycles. The van der Waals surface area contributed by atoms with Crippen LogP contribution in [0.25, 0.3) is 5.76 Å². The number of benzene rings is 2. The molecule has 2 aromatic rings.